The molecule has 0 radical (unpaired) electrons. The van der Waals surface area contributed by atoms with Crippen LogP contribution in [0.15, 0.2) is 24.3 Å². The van der Waals surface area contributed by atoms with Gasteiger partial charge in [-0.25, -0.2) is 0 Å². The number of benzene rings is 1. The number of carbonyl (C=O) groups excluding carboxylic acids is 1. The van der Waals surface area contributed by atoms with Crippen LogP contribution in [0.25, 0.3) is 0 Å². The zero-order chi connectivity index (χ0) is 12.3. The average Bonchev–Trinajstić information content (AvgIpc) is 2.33. The average molecular weight is 252 g/mol. The van der Waals surface area contributed by atoms with Gasteiger partial charge in [0.1, 0.15) is 6.04 Å². The molecule has 1 fully saturated rings. The number of rotatable bonds is 3. The quantitative estimate of drug-likeness (QED) is 0.769. The summed E-state index contributed by atoms with van der Waals surface area (Å²) in [5.74, 6) is 0. The minimum Gasteiger partial charge on any atom is -0.289 e. The third-order valence-corrected chi connectivity index (χ3v) is 3.57. The second kappa shape index (κ2) is 5.65. The Morgan fingerprint density at radius 2 is 1.76 bits per heavy atom. The van der Waals surface area contributed by atoms with Gasteiger partial charge in [0.15, 0.2) is 0 Å². The van der Waals surface area contributed by atoms with Crippen LogP contribution in [0.5, 0.6) is 0 Å². The number of hydrogen-bond donors (Lipinski definition) is 0. The van der Waals surface area contributed by atoms with Gasteiger partial charge in [0.05, 0.1) is 0 Å². The fourth-order valence-electron chi connectivity index (χ4n) is 2.41. The molecule has 0 aromatic heterocycles. The van der Waals surface area contributed by atoms with E-state index in [1.54, 1.807) is 0 Å². The second-order valence-electron chi connectivity index (χ2n) is 4.71. The van der Waals surface area contributed by atoms with Crippen LogP contribution in [-0.4, -0.2) is 23.2 Å². The van der Waals surface area contributed by atoms with Crippen molar-refractivity contribution >= 4 is 16.8 Å². The molecule has 0 bridgehead atoms. The molecule has 3 heteroatoms. The van der Waals surface area contributed by atoms with Crippen LogP contribution in [-0.2, 0) is 4.79 Å². The lowest BCUT2D eigenvalue weighted by Gasteiger charge is -2.32. The molecule has 1 unspecified atom stereocenters. The summed E-state index contributed by atoms with van der Waals surface area (Å²) in [5, 5.41) is -0.268. The fourth-order valence-corrected chi connectivity index (χ4v) is 2.67. The molecular formula is C14H18ClNO. The first-order chi connectivity index (χ1) is 8.18. The summed E-state index contributed by atoms with van der Waals surface area (Å²) in [6.45, 7) is 3.98. The standard InChI is InChI=1S/C14H18ClNO/c1-11-5-7-12(8-6-11)13(14(15)17)16-9-3-2-4-10-16/h5-8,13H,2-4,9-10H2,1H3. The van der Waals surface area contributed by atoms with E-state index in [0.29, 0.717) is 0 Å². The van der Waals surface area contributed by atoms with Gasteiger partial charge in [0.25, 0.3) is 0 Å². The van der Waals surface area contributed by atoms with Gasteiger partial charge in [-0.05, 0) is 50.0 Å². The van der Waals surface area contributed by atoms with E-state index in [2.05, 4.69) is 4.90 Å². The molecule has 17 heavy (non-hydrogen) atoms. The molecule has 1 aliphatic heterocycles. The molecule has 1 aromatic carbocycles. The Kier molecular flexibility index (Phi) is 4.19. The Bertz CT molecular complexity index is 382. The molecule has 1 saturated heterocycles. The van der Waals surface area contributed by atoms with Gasteiger partial charge in [-0.3, -0.25) is 9.69 Å². The van der Waals surface area contributed by atoms with Crippen molar-refractivity contribution in [2.45, 2.75) is 32.2 Å². The maximum absolute atomic E-state index is 11.7. The lowest BCUT2D eigenvalue weighted by molar-refractivity contribution is -0.117. The molecule has 2 rings (SSSR count). The van der Waals surface area contributed by atoms with Gasteiger partial charge in [-0.15, -0.1) is 0 Å². The SMILES string of the molecule is Cc1ccc(C(C(=O)Cl)N2CCCCC2)cc1. The van der Waals surface area contributed by atoms with E-state index in [-0.39, 0.29) is 11.3 Å². The van der Waals surface area contributed by atoms with E-state index in [1.807, 2.05) is 31.2 Å². The van der Waals surface area contributed by atoms with E-state index >= 15 is 0 Å². The molecule has 1 aliphatic rings. The number of halogens is 1. The van der Waals surface area contributed by atoms with Crippen LogP contribution < -0.4 is 0 Å². The molecule has 0 saturated carbocycles. The van der Waals surface area contributed by atoms with Crippen LogP contribution in [0.1, 0.15) is 36.4 Å². The highest BCUT2D eigenvalue weighted by molar-refractivity contribution is 6.64. The molecular weight excluding hydrogens is 234 g/mol. The van der Waals surface area contributed by atoms with Crippen LogP contribution in [0.3, 0.4) is 0 Å². The largest absolute Gasteiger partial charge is 0.289 e. The highest BCUT2D eigenvalue weighted by atomic mass is 35.5. The van der Waals surface area contributed by atoms with Gasteiger partial charge in [-0.2, -0.15) is 0 Å². The number of hydrogen-bond acceptors (Lipinski definition) is 2. The predicted octanol–water partition coefficient (Wildman–Crippen LogP) is 3.29. The van der Waals surface area contributed by atoms with Crippen molar-refractivity contribution in [3.05, 3.63) is 35.4 Å². The Morgan fingerprint density at radius 3 is 2.29 bits per heavy atom. The lowest BCUT2D eigenvalue weighted by atomic mass is 10.0. The minimum absolute atomic E-state index is 0.266. The number of nitrogens with zero attached hydrogens (tertiary/aromatic N) is 1. The summed E-state index contributed by atoms with van der Waals surface area (Å²) in [6.07, 6.45) is 3.58. The third-order valence-electron chi connectivity index (χ3n) is 3.36. The molecule has 0 aliphatic carbocycles. The minimum atomic E-state index is -0.268. The Labute approximate surface area is 108 Å². The van der Waals surface area contributed by atoms with Gasteiger partial charge < -0.3 is 0 Å². The molecule has 0 amide bonds. The molecule has 2 nitrogen and oxygen atoms in total. The summed E-state index contributed by atoms with van der Waals surface area (Å²) in [5.41, 5.74) is 2.21. The third kappa shape index (κ3) is 3.08. The maximum Gasteiger partial charge on any atom is 0.243 e. The van der Waals surface area contributed by atoms with Crippen LogP contribution >= 0.6 is 11.6 Å². The molecule has 0 N–H and O–H groups in total. The highest BCUT2D eigenvalue weighted by Gasteiger charge is 2.27. The van der Waals surface area contributed by atoms with Gasteiger partial charge in [0.2, 0.25) is 5.24 Å². The Morgan fingerprint density at radius 1 is 1.18 bits per heavy atom. The summed E-state index contributed by atoms with van der Waals surface area (Å²) >= 11 is 5.77. The number of carbonyl (C=O) groups is 1. The van der Waals surface area contributed by atoms with Crippen LogP contribution in [0.4, 0.5) is 0 Å². The first kappa shape index (κ1) is 12.6. The van der Waals surface area contributed by atoms with E-state index in [9.17, 15) is 4.79 Å². The van der Waals surface area contributed by atoms with E-state index in [1.165, 1.54) is 12.0 Å². The zero-order valence-corrected chi connectivity index (χ0v) is 10.9. The summed E-state index contributed by atoms with van der Waals surface area (Å²) < 4.78 is 0. The highest BCUT2D eigenvalue weighted by Crippen LogP contribution is 2.26. The van der Waals surface area contributed by atoms with Crippen molar-refractivity contribution in [3.8, 4) is 0 Å². The molecule has 92 valence electrons. The molecule has 1 aromatic rings. The summed E-state index contributed by atoms with van der Waals surface area (Å²) in [6, 6.07) is 7.82. The summed E-state index contributed by atoms with van der Waals surface area (Å²) in [7, 11) is 0. The molecule has 1 atom stereocenters. The van der Waals surface area contributed by atoms with Crippen molar-refractivity contribution in [1.82, 2.24) is 4.90 Å². The first-order valence-corrected chi connectivity index (χ1v) is 6.56. The smallest absolute Gasteiger partial charge is 0.243 e. The van der Waals surface area contributed by atoms with Gasteiger partial charge in [0, 0.05) is 0 Å². The van der Waals surface area contributed by atoms with E-state index in [4.69, 9.17) is 11.6 Å². The molecule has 1 heterocycles. The van der Waals surface area contributed by atoms with Crippen molar-refractivity contribution in [3.63, 3.8) is 0 Å². The fraction of sp³-hybridized carbons (Fsp3) is 0.500. The van der Waals surface area contributed by atoms with Crippen LogP contribution in [0, 0.1) is 6.92 Å². The lowest BCUT2D eigenvalue weighted by Crippen LogP contribution is -2.36. The Balaban J connectivity index is 2.21. The number of aryl methyl sites for hydroxylation is 1. The summed E-state index contributed by atoms with van der Waals surface area (Å²) in [4.78, 5) is 13.9. The normalized spacial score (nSPS) is 18.9. The van der Waals surface area contributed by atoms with Crippen molar-refractivity contribution in [1.29, 1.82) is 0 Å². The second-order valence-corrected chi connectivity index (χ2v) is 5.09. The van der Waals surface area contributed by atoms with Crippen LogP contribution in [0.2, 0.25) is 0 Å². The zero-order valence-electron chi connectivity index (χ0n) is 10.2. The van der Waals surface area contributed by atoms with Gasteiger partial charge in [-0.1, -0.05) is 36.2 Å². The van der Waals surface area contributed by atoms with Crippen molar-refractivity contribution in [2.75, 3.05) is 13.1 Å². The van der Waals surface area contributed by atoms with Crippen molar-refractivity contribution in [2.24, 2.45) is 0 Å². The van der Waals surface area contributed by atoms with Gasteiger partial charge >= 0.3 is 0 Å². The maximum atomic E-state index is 11.7. The van der Waals surface area contributed by atoms with E-state index < -0.39 is 0 Å². The predicted molar refractivity (Wildman–Crippen MR) is 70.2 cm³/mol. The van der Waals surface area contributed by atoms with E-state index in [0.717, 1.165) is 31.5 Å². The monoisotopic (exact) mass is 251 g/mol. The van der Waals surface area contributed by atoms with Crippen molar-refractivity contribution < 1.29 is 4.79 Å². The number of piperidine rings is 1. The molecule has 0 spiro atoms. The Hall–Kier alpha value is -0.860. The topological polar surface area (TPSA) is 20.3 Å². The number of likely N-dealkylation sites (tertiary alicyclic amines) is 1. The first-order valence-electron chi connectivity index (χ1n) is 6.18.